The van der Waals surface area contributed by atoms with Crippen LogP contribution in [-0.2, 0) is 14.8 Å². The van der Waals surface area contributed by atoms with Crippen molar-refractivity contribution in [2.75, 3.05) is 12.3 Å². The lowest BCUT2D eigenvalue weighted by Crippen LogP contribution is -2.44. The molecule has 1 aliphatic heterocycles. The minimum absolute atomic E-state index is 0.0906. The number of nitrogens with one attached hydrogen (secondary N) is 2. The Bertz CT molecular complexity index is 703. The number of carbonyl (C=O) groups is 1. The van der Waals surface area contributed by atoms with Crippen LogP contribution < -0.4 is 14.8 Å². The topological polar surface area (TPSA) is 84.5 Å². The van der Waals surface area contributed by atoms with Gasteiger partial charge < -0.3 is 10.1 Å². The fraction of sp³-hybridized carbons (Fsp3) is 0.533. The number of rotatable bonds is 5. The molecule has 1 atom stereocenters. The largest absolute Gasteiger partial charge is 0.487 e. The molecule has 0 bridgehead atoms. The number of hydrogen-bond donors (Lipinski definition) is 2. The Morgan fingerprint density at radius 2 is 2.13 bits per heavy atom. The van der Waals surface area contributed by atoms with Crippen molar-refractivity contribution < 1.29 is 22.3 Å². The smallest absolute Gasteiger partial charge is 0.235 e. The van der Waals surface area contributed by atoms with Crippen molar-refractivity contribution in [1.29, 1.82) is 0 Å². The molecule has 0 spiro atoms. The number of sulfonamides is 1. The predicted molar refractivity (Wildman–Crippen MR) is 84.1 cm³/mol. The van der Waals surface area contributed by atoms with Gasteiger partial charge in [0.2, 0.25) is 15.9 Å². The van der Waals surface area contributed by atoms with Gasteiger partial charge >= 0.3 is 0 Å². The van der Waals surface area contributed by atoms with E-state index in [9.17, 15) is 17.6 Å². The van der Waals surface area contributed by atoms with Gasteiger partial charge in [-0.15, -0.1) is 0 Å². The molecule has 1 amide bonds. The summed E-state index contributed by atoms with van der Waals surface area (Å²) in [5.74, 6) is -0.560. The van der Waals surface area contributed by atoms with Crippen LogP contribution >= 0.6 is 0 Å². The number of fused-ring (bicyclic) bond motifs is 1. The van der Waals surface area contributed by atoms with Crippen LogP contribution in [0.3, 0.4) is 0 Å². The summed E-state index contributed by atoms with van der Waals surface area (Å²) in [7, 11) is -3.43. The highest BCUT2D eigenvalue weighted by Crippen LogP contribution is 2.39. The molecule has 1 aromatic carbocycles. The minimum Gasteiger partial charge on any atom is -0.487 e. The van der Waals surface area contributed by atoms with E-state index in [0.717, 1.165) is 0 Å². The second kappa shape index (κ2) is 6.45. The molecule has 8 heteroatoms. The van der Waals surface area contributed by atoms with Crippen molar-refractivity contribution in [1.82, 2.24) is 10.0 Å². The first kappa shape index (κ1) is 17.7. The number of halogens is 1. The summed E-state index contributed by atoms with van der Waals surface area (Å²) in [5.41, 5.74) is 0.110. The van der Waals surface area contributed by atoms with Crippen LogP contribution in [0.25, 0.3) is 0 Å². The van der Waals surface area contributed by atoms with Crippen molar-refractivity contribution in [3.63, 3.8) is 0 Å². The van der Waals surface area contributed by atoms with Crippen molar-refractivity contribution in [2.24, 2.45) is 0 Å². The maximum absolute atomic E-state index is 13.4. The summed E-state index contributed by atoms with van der Waals surface area (Å²) in [5, 5.41) is 2.78. The summed E-state index contributed by atoms with van der Waals surface area (Å²) in [4.78, 5) is 12.0. The zero-order valence-electron chi connectivity index (χ0n) is 13.3. The Morgan fingerprint density at radius 1 is 1.43 bits per heavy atom. The van der Waals surface area contributed by atoms with Crippen LogP contribution in [0.5, 0.6) is 5.75 Å². The summed E-state index contributed by atoms with van der Waals surface area (Å²) in [6.07, 6.45) is 0.498. The maximum Gasteiger partial charge on any atom is 0.235 e. The summed E-state index contributed by atoms with van der Waals surface area (Å²) < 4.78 is 44.1. The van der Waals surface area contributed by atoms with Crippen LogP contribution in [0.1, 0.15) is 38.8 Å². The molecule has 0 unspecified atom stereocenters. The Balaban J connectivity index is 2.12. The highest BCUT2D eigenvalue weighted by Gasteiger charge is 2.34. The van der Waals surface area contributed by atoms with E-state index < -0.39 is 27.3 Å². The molecular weight excluding hydrogens is 323 g/mol. The summed E-state index contributed by atoms with van der Waals surface area (Å²) in [6, 6.07) is 3.79. The van der Waals surface area contributed by atoms with Crippen LogP contribution in [0, 0.1) is 5.82 Å². The number of benzene rings is 1. The van der Waals surface area contributed by atoms with Gasteiger partial charge in [0, 0.05) is 18.1 Å². The molecule has 128 valence electrons. The standard InChI is InChI=1S/C15H21FN2O4S/c1-4-23(20,21)17-9-14(19)18-12-8-15(2,3)22-13-7-10(16)5-6-11(12)13/h5-7,12,17H,4,8-9H2,1-3H3,(H,18,19)/t12-/m1/s1. The summed E-state index contributed by atoms with van der Waals surface area (Å²) >= 11 is 0. The molecule has 0 aromatic heterocycles. The first-order chi connectivity index (χ1) is 10.6. The van der Waals surface area contributed by atoms with E-state index in [1.165, 1.54) is 19.1 Å². The quantitative estimate of drug-likeness (QED) is 0.847. The number of amides is 1. The van der Waals surface area contributed by atoms with Gasteiger partial charge in [0.15, 0.2) is 0 Å². The van der Waals surface area contributed by atoms with Gasteiger partial charge in [-0.25, -0.2) is 17.5 Å². The second-order valence-electron chi connectivity index (χ2n) is 6.09. The van der Waals surface area contributed by atoms with E-state index in [-0.39, 0.29) is 18.3 Å². The average molecular weight is 344 g/mol. The van der Waals surface area contributed by atoms with E-state index in [4.69, 9.17) is 4.74 Å². The lowest BCUT2D eigenvalue weighted by molar-refractivity contribution is -0.121. The molecule has 0 fully saturated rings. The molecule has 6 nitrogen and oxygen atoms in total. The third-order valence-electron chi connectivity index (χ3n) is 3.60. The lowest BCUT2D eigenvalue weighted by Gasteiger charge is -2.37. The van der Waals surface area contributed by atoms with Crippen LogP contribution in [0.2, 0.25) is 0 Å². The zero-order valence-corrected chi connectivity index (χ0v) is 14.2. The average Bonchev–Trinajstić information content (AvgIpc) is 2.43. The van der Waals surface area contributed by atoms with Crippen LogP contribution in [0.15, 0.2) is 18.2 Å². The fourth-order valence-electron chi connectivity index (χ4n) is 2.48. The molecule has 2 rings (SSSR count). The number of ether oxygens (including phenoxy) is 1. The SMILES string of the molecule is CCS(=O)(=O)NCC(=O)N[C@@H]1CC(C)(C)Oc2cc(F)ccc21. The summed E-state index contributed by atoms with van der Waals surface area (Å²) in [6.45, 7) is 4.86. The first-order valence-electron chi connectivity index (χ1n) is 7.37. The highest BCUT2D eigenvalue weighted by atomic mass is 32.2. The number of hydrogen-bond acceptors (Lipinski definition) is 4. The third kappa shape index (κ3) is 4.65. The van der Waals surface area contributed by atoms with Gasteiger partial charge in [-0.1, -0.05) is 6.07 Å². The molecule has 2 N–H and O–H groups in total. The maximum atomic E-state index is 13.4. The van der Waals surface area contributed by atoms with Crippen LogP contribution in [-0.4, -0.2) is 32.2 Å². The van der Waals surface area contributed by atoms with Gasteiger partial charge in [-0.2, -0.15) is 0 Å². The molecule has 1 aromatic rings. The lowest BCUT2D eigenvalue weighted by atomic mass is 9.89. The highest BCUT2D eigenvalue weighted by molar-refractivity contribution is 7.89. The Morgan fingerprint density at radius 3 is 2.78 bits per heavy atom. The second-order valence-corrected chi connectivity index (χ2v) is 8.19. The number of carbonyl (C=O) groups excluding carboxylic acids is 1. The van der Waals surface area contributed by atoms with Crippen LogP contribution in [0.4, 0.5) is 4.39 Å². The Labute approximate surface area is 135 Å². The van der Waals surface area contributed by atoms with Crippen molar-refractivity contribution in [3.05, 3.63) is 29.6 Å². The van der Waals surface area contributed by atoms with Crippen molar-refractivity contribution in [2.45, 2.75) is 38.8 Å². The molecule has 0 radical (unpaired) electrons. The minimum atomic E-state index is -3.43. The normalized spacial score (nSPS) is 19.6. The van der Waals surface area contributed by atoms with Gasteiger partial charge in [-0.05, 0) is 26.8 Å². The fourth-order valence-corrected chi connectivity index (χ4v) is 3.03. The van der Waals surface area contributed by atoms with Gasteiger partial charge in [-0.3, -0.25) is 4.79 Å². The van der Waals surface area contributed by atoms with E-state index in [2.05, 4.69) is 10.0 Å². The molecule has 1 heterocycles. The Hall–Kier alpha value is -1.67. The molecule has 0 aliphatic carbocycles. The van der Waals surface area contributed by atoms with Gasteiger partial charge in [0.25, 0.3) is 0 Å². The molecule has 0 saturated carbocycles. The predicted octanol–water partition coefficient (Wildman–Crippen LogP) is 1.48. The molecular formula is C15H21FN2O4S. The Kier molecular flexibility index (Phi) is 4.95. The van der Waals surface area contributed by atoms with E-state index in [1.807, 2.05) is 13.8 Å². The van der Waals surface area contributed by atoms with E-state index in [1.54, 1.807) is 6.07 Å². The monoisotopic (exact) mass is 344 g/mol. The van der Waals surface area contributed by atoms with Gasteiger partial charge in [0.05, 0.1) is 18.3 Å². The zero-order chi connectivity index (χ0) is 17.3. The van der Waals surface area contributed by atoms with Crippen molar-refractivity contribution in [3.8, 4) is 5.75 Å². The van der Waals surface area contributed by atoms with E-state index in [0.29, 0.717) is 17.7 Å². The first-order valence-corrected chi connectivity index (χ1v) is 9.02. The van der Waals surface area contributed by atoms with Crippen molar-refractivity contribution >= 4 is 15.9 Å². The van der Waals surface area contributed by atoms with Gasteiger partial charge in [0.1, 0.15) is 17.2 Å². The third-order valence-corrected chi connectivity index (χ3v) is 4.95. The molecule has 0 saturated heterocycles. The van der Waals surface area contributed by atoms with E-state index >= 15 is 0 Å². The molecule has 1 aliphatic rings. The molecule has 23 heavy (non-hydrogen) atoms.